The Hall–Kier alpha value is -2.04. The summed E-state index contributed by atoms with van der Waals surface area (Å²) in [5, 5.41) is 8.95. The highest BCUT2D eigenvalue weighted by Crippen LogP contribution is 2.22. The molecule has 19 heavy (non-hydrogen) atoms. The van der Waals surface area contributed by atoms with Crippen LogP contribution >= 0.6 is 0 Å². The van der Waals surface area contributed by atoms with E-state index in [1.54, 1.807) is 45.9 Å². The van der Waals surface area contributed by atoms with Gasteiger partial charge < -0.3 is 15.7 Å². The minimum absolute atomic E-state index is 0.320. The average molecular weight is 264 g/mol. The summed E-state index contributed by atoms with van der Waals surface area (Å²) >= 11 is 0. The van der Waals surface area contributed by atoms with Crippen molar-refractivity contribution in [2.45, 2.75) is 33.2 Å². The molecule has 0 heterocycles. The Bertz CT molecular complexity index is 504. The smallest absolute Gasteiger partial charge is 0.323 e. The van der Waals surface area contributed by atoms with Gasteiger partial charge in [-0.05, 0) is 45.4 Å². The molecule has 0 saturated carbocycles. The molecule has 1 aromatic rings. The molecule has 0 aliphatic carbocycles. The molecular weight excluding hydrogens is 244 g/mol. The maximum atomic E-state index is 12.5. The normalized spacial score (nSPS) is 11.2. The zero-order valence-corrected chi connectivity index (χ0v) is 11.7. The first-order chi connectivity index (χ1) is 8.64. The summed E-state index contributed by atoms with van der Waals surface area (Å²) < 4.78 is 0. The third kappa shape index (κ3) is 3.47. The predicted molar refractivity (Wildman–Crippen MR) is 74.0 cm³/mol. The van der Waals surface area contributed by atoms with Crippen molar-refractivity contribution >= 4 is 17.6 Å². The summed E-state index contributed by atoms with van der Waals surface area (Å²) in [5.41, 5.74) is 6.84. The molecule has 1 amide bonds. The lowest BCUT2D eigenvalue weighted by molar-refractivity contribution is -0.138. The van der Waals surface area contributed by atoms with E-state index >= 15 is 0 Å². The Morgan fingerprint density at radius 2 is 1.89 bits per heavy atom. The molecule has 0 fully saturated rings. The molecule has 0 bridgehead atoms. The molecule has 5 heteroatoms. The number of carbonyl (C=O) groups is 2. The highest BCUT2D eigenvalue weighted by Gasteiger charge is 2.30. The van der Waals surface area contributed by atoms with Crippen LogP contribution in [-0.4, -0.2) is 34.0 Å². The van der Waals surface area contributed by atoms with Crippen LogP contribution in [0.2, 0.25) is 0 Å². The van der Waals surface area contributed by atoms with Gasteiger partial charge in [-0.15, -0.1) is 0 Å². The number of aliphatic carboxylic acids is 1. The van der Waals surface area contributed by atoms with Gasteiger partial charge in [-0.25, -0.2) is 0 Å². The third-order valence-corrected chi connectivity index (χ3v) is 2.95. The number of nitrogen functional groups attached to an aromatic ring is 1. The number of amides is 1. The number of nitrogens with zero attached hydrogens (tertiary/aromatic N) is 1. The Morgan fingerprint density at radius 1 is 1.32 bits per heavy atom. The first-order valence-corrected chi connectivity index (χ1v) is 6.03. The van der Waals surface area contributed by atoms with Gasteiger partial charge in [-0.3, -0.25) is 9.59 Å². The van der Waals surface area contributed by atoms with Crippen LogP contribution in [0.4, 0.5) is 5.69 Å². The van der Waals surface area contributed by atoms with E-state index in [0.29, 0.717) is 16.8 Å². The zero-order valence-electron chi connectivity index (χ0n) is 11.7. The van der Waals surface area contributed by atoms with Gasteiger partial charge in [0.1, 0.15) is 6.54 Å². The number of hydrogen-bond acceptors (Lipinski definition) is 3. The molecule has 0 atom stereocenters. The molecule has 0 unspecified atom stereocenters. The quantitative estimate of drug-likeness (QED) is 0.817. The van der Waals surface area contributed by atoms with Gasteiger partial charge in [-0.2, -0.15) is 0 Å². The molecule has 0 radical (unpaired) electrons. The number of carboxylic acids is 1. The molecule has 0 aromatic heterocycles. The Labute approximate surface area is 113 Å². The second-order valence-electron chi connectivity index (χ2n) is 5.48. The van der Waals surface area contributed by atoms with Crippen molar-refractivity contribution in [3.8, 4) is 0 Å². The van der Waals surface area contributed by atoms with E-state index in [9.17, 15) is 9.59 Å². The van der Waals surface area contributed by atoms with E-state index in [4.69, 9.17) is 10.8 Å². The topological polar surface area (TPSA) is 83.6 Å². The van der Waals surface area contributed by atoms with Crippen LogP contribution in [-0.2, 0) is 4.79 Å². The van der Waals surface area contributed by atoms with Gasteiger partial charge in [-0.1, -0.05) is 6.07 Å². The fraction of sp³-hybridized carbons (Fsp3) is 0.429. The maximum absolute atomic E-state index is 12.5. The van der Waals surface area contributed by atoms with E-state index in [2.05, 4.69) is 0 Å². The van der Waals surface area contributed by atoms with Crippen molar-refractivity contribution in [3.05, 3.63) is 29.3 Å². The highest BCUT2D eigenvalue weighted by atomic mass is 16.4. The predicted octanol–water partition coefficient (Wildman–Crippen LogP) is 1.90. The number of rotatable bonds is 3. The van der Waals surface area contributed by atoms with E-state index in [-0.39, 0.29) is 12.5 Å². The molecule has 0 aliphatic heterocycles. The molecule has 104 valence electrons. The highest BCUT2D eigenvalue weighted by molar-refractivity contribution is 5.98. The first-order valence-electron chi connectivity index (χ1n) is 6.03. The number of hydrogen-bond donors (Lipinski definition) is 2. The van der Waals surface area contributed by atoms with Crippen molar-refractivity contribution in [2.24, 2.45) is 0 Å². The molecule has 5 nitrogen and oxygen atoms in total. The van der Waals surface area contributed by atoms with Crippen molar-refractivity contribution in [1.82, 2.24) is 4.90 Å². The molecule has 0 saturated heterocycles. The molecule has 1 rings (SSSR count). The third-order valence-electron chi connectivity index (χ3n) is 2.95. The number of carbonyl (C=O) groups excluding carboxylic acids is 1. The fourth-order valence-corrected chi connectivity index (χ4v) is 1.78. The van der Waals surface area contributed by atoms with Crippen LogP contribution < -0.4 is 5.73 Å². The van der Waals surface area contributed by atoms with Gasteiger partial charge in [0.2, 0.25) is 0 Å². The van der Waals surface area contributed by atoms with Crippen LogP contribution in [0.25, 0.3) is 0 Å². The van der Waals surface area contributed by atoms with Gasteiger partial charge in [0.05, 0.1) is 0 Å². The number of benzene rings is 1. The zero-order chi connectivity index (χ0) is 14.8. The van der Waals surface area contributed by atoms with Gasteiger partial charge in [0, 0.05) is 16.8 Å². The number of carboxylic acid groups (broad SMARTS) is 1. The molecule has 0 spiro atoms. The van der Waals surface area contributed by atoms with E-state index in [1.807, 2.05) is 0 Å². The lowest BCUT2D eigenvalue weighted by Crippen LogP contribution is -2.48. The van der Waals surface area contributed by atoms with Crippen LogP contribution in [0.3, 0.4) is 0 Å². The van der Waals surface area contributed by atoms with Crippen molar-refractivity contribution in [3.63, 3.8) is 0 Å². The second-order valence-corrected chi connectivity index (χ2v) is 5.48. The minimum atomic E-state index is -1.04. The monoisotopic (exact) mass is 264 g/mol. The van der Waals surface area contributed by atoms with Crippen LogP contribution in [0, 0.1) is 6.92 Å². The average Bonchev–Trinajstić information content (AvgIpc) is 2.27. The maximum Gasteiger partial charge on any atom is 0.323 e. The van der Waals surface area contributed by atoms with Crippen molar-refractivity contribution in [1.29, 1.82) is 0 Å². The lowest BCUT2D eigenvalue weighted by atomic mass is 10.0. The summed E-state index contributed by atoms with van der Waals surface area (Å²) in [6, 6.07) is 5.07. The van der Waals surface area contributed by atoms with Crippen LogP contribution in [0.1, 0.15) is 36.7 Å². The summed E-state index contributed by atoms with van der Waals surface area (Å²) in [6.07, 6.45) is 0. The van der Waals surface area contributed by atoms with E-state index in [1.165, 1.54) is 4.90 Å². The minimum Gasteiger partial charge on any atom is -0.480 e. The largest absolute Gasteiger partial charge is 0.480 e. The van der Waals surface area contributed by atoms with Gasteiger partial charge in [0.15, 0.2) is 0 Å². The number of anilines is 1. The Kier molecular flexibility index (Phi) is 4.19. The SMILES string of the molecule is Cc1c(N)cccc1C(=O)N(CC(=O)O)C(C)(C)C. The number of nitrogens with two attached hydrogens (primary N) is 1. The summed E-state index contributed by atoms with van der Waals surface area (Å²) in [6.45, 7) is 6.82. The van der Waals surface area contributed by atoms with Crippen molar-refractivity contribution in [2.75, 3.05) is 12.3 Å². The van der Waals surface area contributed by atoms with Crippen LogP contribution in [0.15, 0.2) is 18.2 Å². The Morgan fingerprint density at radius 3 is 2.37 bits per heavy atom. The van der Waals surface area contributed by atoms with Crippen molar-refractivity contribution < 1.29 is 14.7 Å². The molecule has 0 aliphatic rings. The Balaban J connectivity index is 3.20. The molecular formula is C14H20N2O3. The summed E-state index contributed by atoms with van der Waals surface area (Å²) in [7, 11) is 0. The first kappa shape index (κ1) is 15.0. The second kappa shape index (κ2) is 5.30. The van der Waals surface area contributed by atoms with Gasteiger partial charge in [0.25, 0.3) is 5.91 Å². The van der Waals surface area contributed by atoms with E-state index < -0.39 is 11.5 Å². The van der Waals surface area contributed by atoms with E-state index in [0.717, 1.165) is 0 Å². The van der Waals surface area contributed by atoms with Gasteiger partial charge >= 0.3 is 5.97 Å². The lowest BCUT2D eigenvalue weighted by Gasteiger charge is -2.34. The fourth-order valence-electron chi connectivity index (χ4n) is 1.78. The van der Waals surface area contributed by atoms with Crippen LogP contribution in [0.5, 0.6) is 0 Å². The summed E-state index contributed by atoms with van der Waals surface area (Å²) in [5.74, 6) is -1.36. The summed E-state index contributed by atoms with van der Waals surface area (Å²) in [4.78, 5) is 24.8. The molecule has 1 aromatic carbocycles. The molecule has 3 N–H and O–H groups in total. The standard InChI is InChI=1S/C14H20N2O3/c1-9-10(6-5-7-11(9)15)13(19)16(8-12(17)18)14(2,3)4/h5-7H,8,15H2,1-4H3,(H,17,18).